The van der Waals surface area contributed by atoms with Crippen LogP contribution in [-0.4, -0.2) is 40.9 Å². The van der Waals surface area contributed by atoms with Crippen LogP contribution < -0.4 is 0 Å². The quantitative estimate of drug-likeness (QED) is 0.829. The zero-order valence-corrected chi connectivity index (χ0v) is 14.3. The van der Waals surface area contributed by atoms with Crippen molar-refractivity contribution in [3.05, 3.63) is 34.9 Å². The molecule has 0 unspecified atom stereocenters. The van der Waals surface area contributed by atoms with Crippen LogP contribution in [0.5, 0.6) is 0 Å². The van der Waals surface area contributed by atoms with E-state index in [2.05, 4.69) is 17.9 Å². The fourth-order valence-electron chi connectivity index (χ4n) is 4.07. The lowest BCUT2D eigenvalue weighted by Crippen LogP contribution is -2.56. The summed E-state index contributed by atoms with van der Waals surface area (Å²) in [4.78, 5) is 16.9. The molecule has 0 saturated carbocycles. The number of amides is 1. The largest absolute Gasteiger partial charge is 0.339 e. The lowest BCUT2D eigenvalue weighted by Gasteiger charge is -2.44. The van der Waals surface area contributed by atoms with Crippen LogP contribution >= 0.6 is 11.6 Å². The number of carbonyl (C=O) groups excluding carboxylic acids is 1. The van der Waals surface area contributed by atoms with Crippen molar-refractivity contribution in [2.75, 3.05) is 13.6 Å². The van der Waals surface area contributed by atoms with Crippen LogP contribution in [0.25, 0.3) is 0 Å². The molecule has 0 N–H and O–H groups in total. The molecule has 2 heterocycles. The number of likely N-dealkylation sites (N-methyl/N-ethyl adjacent to an activating group) is 1. The predicted octanol–water partition coefficient (Wildman–Crippen LogP) is 3.71. The molecule has 1 aromatic carbocycles. The second kappa shape index (κ2) is 6.21. The van der Waals surface area contributed by atoms with Crippen LogP contribution in [0.1, 0.15) is 44.6 Å². The van der Waals surface area contributed by atoms with Gasteiger partial charge in [0, 0.05) is 37.6 Å². The van der Waals surface area contributed by atoms with Crippen LogP contribution in [0.2, 0.25) is 5.02 Å². The lowest BCUT2D eigenvalue weighted by molar-refractivity contribution is -0.137. The minimum Gasteiger partial charge on any atom is -0.339 e. The van der Waals surface area contributed by atoms with Crippen LogP contribution in [0.3, 0.4) is 0 Å². The van der Waals surface area contributed by atoms with E-state index in [1.807, 2.05) is 30.1 Å². The molecule has 3 nitrogen and oxygen atoms in total. The maximum atomic E-state index is 12.3. The minimum absolute atomic E-state index is 0.0429. The van der Waals surface area contributed by atoms with Gasteiger partial charge in [0.15, 0.2) is 0 Å². The van der Waals surface area contributed by atoms with Gasteiger partial charge in [0.2, 0.25) is 5.91 Å². The molecule has 0 radical (unpaired) electrons. The van der Waals surface area contributed by atoms with Crippen LogP contribution in [0.15, 0.2) is 24.3 Å². The smallest absolute Gasteiger partial charge is 0.222 e. The summed E-state index contributed by atoms with van der Waals surface area (Å²) < 4.78 is 0. The molecular weight excluding hydrogens is 296 g/mol. The highest BCUT2D eigenvalue weighted by molar-refractivity contribution is 6.31. The van der Waals surface area contributed by atoms with E-state index in [0.29, 0.717) is 18.4 Å². The Kier molecular flexibility index (Phi) is 4.47. The number of hydrogen-bond acceptors (Lipinski definition) is 2. The molecule has 0 bridgehead atoms. The van der Waals surface area contributed by atoms with Gasteiger partial charge in [0.1, 0.15) is 0 Å². The number of hydrogen-bond donors (Lipinski definition) is 0. The van der Waals surface area contributed by atoms with Gasteiger partial charge in [-0.25, -0.2) is 0 Å². The van der Waals surface area contributed by atoms with Crippen LogP contribution in [0.4, 0.5) is 0 Å². The third-order valence-corrected chi connectivity index (χ3v) is 6.02. The first-order valence-corrected chi connectivity index (χ1v) is 8.64. The molecule has 1 amide bonds. The van der Waals surface area contributed by atoms with Crippen molar-refractivity contribution in [2.45, 2.75) is 57.2 Å². The average molecular weight is 321 g/mol. The van der Waals surface area contributed by atoms with E-state index in [1.165, 1.54) is 12.0 Å². The van der Waals surface area contributed by atoms with Gasteiger partial charge in [-0.15, -0.1) is 0 Å². The van der Waals surface area contributed by atoms with E-state index < -0.39 is 0 Å². The highest BCUT2D eigenvalue weighted by Crippen LogP contribution is 2.39. The Bertz CT molecular complexity index is 562. The lowest BCUT2D eigenvalue weighted by atomic mass is 9.85. The van der Waals surface area contributed by atoms with E-state index >= 15 is 0 Å². The first kappa shape index (κ1) is 15.8. The van der Waals surface area contributed by atoms with Crippen molar-refractivity contribution in [1.29, 1.82) is 0 Å². The minimum atomic E-state index is -0.0429. The number of benzene rings is 1. The van der Waals surface area contributed by atoms with Crippen LogP contribution in [0, 0.1) is 0 Å². The van der Waals surface area contributed by atoms with E-state index in [0.717, 1.165) is 37.4 Å². The number of nitrogens with zero attached hydrogens (tertiary/aromatic N) is 2. The third-order valence-electron chi connectivity index (χ3n) is 5.65. The zero-order chi connectivity index (χ0) is 15.7. The fourth-order valence-corrected chi connectivity index (χ4v) is 4.27. The molecule has 2 fully saturated rings. The topological polar surface area (TPSA) is 23.6 Å². The van der Waals surface area contributed by atoms with Crippen molar-refractivity contribution in [2.24, 2.45) is 0 Å². The Morgan fingerprint density at radius 3 is 2.86 bits per heavy atom. The first-order chi connectivity index (χ1) is 10.5. The van der Waals surface area contributed by atoms with Crippen molar-refractivity contribution in [3.8, 4) is 0 Å². The summed E-state index contributed by atoms with van der Waals surface area (Å²) in [5.41, 5.74) is 1.14. The second-order valence-electron chi connectivity index (χ2n) is 6.88. The second-order valence-corrected chi connectivity index (χ2v) is 7.29. The van der Waals surface area contributed by atoms with Gasteiger partial charge in [0.25, 0.3) is 0 Å². The molecule has 0 spiro atoms. The van der Waals surface area contributed by atoms with Gasteiger partial charge < -0.3 is 4.90 Å². The Morgan fingerprint density at radius 1 is 1.32 bits per heavy atom. The van der Waals surface area contributed by atoms with Gasteiger partial charge in [-0.1, -0.05) is 36.2 Å². The zero-order valence-electron chi connectivity index (χ0n) is 13.5. The summed E-state index contributed by atoms with van der Waals surface area (Å²) in [7, 11) is 1.99. The number of rotatable bonds is 2. The normalized spacial score (nSPS) is 30.0. The maximum absolute atomic E-state index is 12.3. The van der Waals surface area contributed by atoms with Crippen molar-refractivity contribution in [1.82, 2.24) is 9.80 Å². The van der Waals surface area contributed by atoms with Gasteiger partial charge in [-0.3, -0.25) is 9.69 Å². The third kappa shape index (κ3) is 2.77. The highest BCUT2D eigenvalue weighted by atomic mass is 35.5. The highest BCUT2D eigenvalue weighted by Gasteiger charge is 2.48. The standard InChI is InChI=1S/C18H25ClN2O/c1-18-11-12-21(13-14-7-3-4-8-15(14)19)16(18)9-5-6-10-17(22)20(18)2/h3-4,7-8,16H,5-6,9-13H2,1-2H3/t16-,18-/m1/s1. The molecule has 4 heteroatoms. The summed E-state index contributed by atoms with van der Waals surface area (Å²) in [6, 6.07) is 8.51. The molecule has 3 rings (SSSR count). The molecule has 22 heavy (non-hydrogen) atoms. The van der Waals surface area contributed by atoms with E-state index in [9.17, 15) is 4.79 Å². The summed E-state index contributed by atoms with van der Waals surface area (Å²) in [5.74, 6) is 0.298. The molecule has 120 valence electrons. The Hall–Kier alpha value is -1.06. The van der Waals surface area contributed by atoms with Gasteiger partial charge >= 0.3 is 0 Å². The Labute approximate surface area is 138 Å². The number of fused-ring (bicyclic) bond motifs is 1. The predicted molar refractivity (Wildman–Crippen MR) is 89.9 cm³/mol. The van der Waals surface area contributed by atoms with Gasteiger partial charge in [-0.05, 0) is 37.8 Å². The van der Waals surface area contributed by atoms with E-state index in [-0.39, 0.29) is 5.54 Å². The monoisotopic (exact) mass is 320 g/mol. The summed E-state index contributed by atoms with van der Waals surface area (Å²) in [5, 5.41) is 0.839. The summed E-state index contributed by atoms with van der Waals surface area (Å²) in [6.45, 7) is 4.17. The molecular formula is C18H25ClN2O. The summed E-state index contributed by atoms with van der Waals surface area (Å²) >= 11 is 6.33. The number of carbonyl (C=O) groups is 1. The van der Waals surface area contributed by atoms with Gasteiger partial charge in [0.05, 0.1) is 5.54 Å². The Balaban J connectivity index is 1.83. The van der Waals surface area contributed by atoms with Crippen LogP contribution in [-0.2, 0) is 11.3 Å². The first-order valence-electron chi connectivity index (χ1n) is 8.26. The average Bonchev–Trinajstić information content (AvgIpc) is 2.81. The number of likely N-dealkylation sites (tertiary alicyclic amines) is 2. The van der Waals surface area contributed by atoms with E-state index in [1.54, 1.807) is 0 Å². The molecule has 1 aromatic rings. The van der Waals surface area contributed by atoms with E-state index in [4.69, 9.17) is 11.6 Å². The van der Waals surface area contributed by atoms with Crippen molar-refractivity contribution in [3.63, 3.8) is 0 Å². The Morgan fingerprint density at radius 2 is 2.09 bits per heavy atom. The SMILES string of the molecule is CN1C(=O)CCCC[C@H]2N(Cc3ccccc3Cl)CC[C@]21C. The molecule has 2 aliphatic heterocycles. The molecule has 0 aromatic heterocycles. The molecule has 2 saturated heterocycles. The summed E-state index contributed by atoms with van der Waals surface area (Å²) in [6.07, 6.45) is 5.06. The van der Waals surface area contributed by atoms with Crippen molar-refractivity contribution < 1.29 is 4.79 Å². The molecule has 2 aliphatic rings. The fraction of sp³-hybridized carbons (Fsp3) is 0.611. The maximum Gasteiger partial charge on any atom is 0.222 e. The van der Waals surface area contributed by atoms with Crippen molar-refractivity contribution >= 4 is 17.5 Å². The molecule has 2 atom stereocenters. The van der Waals surface area contributed by atoms with Gasteiger partial charge in [-0.2, -0.15) is 0 Å². The molecule has 0 aliphatic carbocycles. The number of halogens is 1.